The lowest BCUT2D eigenvalue weighted by atomic mass is 10.0. The molecule has 17 heavy (non-hydrogen) atoms. The predicted molar refractivity (Wildman–Crippen MR) is 68.7 cm³/mol. The minimum absolute atomic E-state index is 0.121. The molecule has 1 amide bonds. The smallest absolute Gasteiger partial charge is 0.224 e. The second-order valence-electron chi connectivity index (χ2n) is 4.77. The number of carbonyl (C=O) groups is 1. The molecule has 2 rings (SSSR count). The van der Waals surface area contributed by atoms with E-state index in [2.05, 4.69) is 17.6 Å². The van der Waals surface area contributed by atoms with Crippen LogP contribution >= 0.6 is 0 Å². The van der Waals surface area contributed by atoms with Crippen molar-refractivity contribution in [2.45, 2.75) is 25.8 Å². The first-order chi connectivity index (χ1) is 8.25. The summed E-state index contributed by atoms with van der Waals surface area (Å²) in [6, 6.07) is 10.1. The van der Waals surface area contributed by atoms with Crippen LogP contribution in [0.3, 0.4) is 0 Å². The number of rotatable bonds is 4. The van der Waals surface area contributed by atoms with Crippen molar-refractivity contribution in [3.8, 4) is 0 Å². The van der Waals surface area contributed by atoms with Crippen molar-refractivity contribution in [2.24, 2.45) is 5.92 Å². The maximum atomic E-state index is 11.8. The SMILES string of the molecule is CC(NC(=O)Cc1ccccc1)C1CCNC1. The standard InChI is InChI=1S/C14H20N2O/c1-11(13-7-8-15-10-13)16-14(17)9-12-5-3-2-4-6-12/h2-6,11,13,15H,7-10H2,1H3,(H,16,17). The van der Waals surface area contributed by atoms with E-state index in [4.69, 9.17) is 0 Å². The summed E-state index contributed by atoms with van der Waals surface area (Å²) in [5, 5.41) is 6.42. The zero-order chi connectivity index (χ0) is 12.1. The third-order valence-electron chi connectivity index (χ3n) is 3.40. The van der Waals surface area contributed by atoms with Gasteiger partial charge in [0.25, 0.3) is 0 Å². The highest BCUT2D eigenvalue weighted by Gasteiger charge is 2.22. The maximum Gasteiger partial charge on any atom is 0.224 e. The molecule has 0 saturated carbocycles. The van der Waals surface area contributed by atoms with E-state index in [0.717, 1.165) is 25.1 Å². The average molecular weight is 232 g/mol. The van der Waals surface area contributed by atoms with E-state index in [0.29, 0.717) is 12.3 Å². The van der Waals surface area contributed by atoms with Crippen molar-refractivity contribution in [3.63, 3.8) is 0 Å². The lowest BCUT2D eigenvalue weighted by Gasteiger charge is -2.19. The predicted octanol–water partition coefficient (Wildman–Crippen LogP) is 1.34. The third-order valence-corrected chi connectivity index (χ3v) is 3.40. The van der Waals surface area contributed by atoms with Crippen LogP contribution < -0.4 is 10.6 Å². The van der Waals surface area contributed by atoms with Gasteiger partial charge in [-0.15, -0.1) is 0 Å². The molecule has 1 aliphatic heterocycles. The Kier molecular flexibility index (Phi) is 4.15. The van der Waals surface area contributed by atoms with Crippen LogP contribution in [0.4, 0.5) is 0 Å². The van der Waals surface area contributed by atoms with Gasteiger partial charge in [0.1, 0.15) is 0 Å². The molecule has 0 bridgehead atoms. The van der Waals surface area contributed by atoms with Crippen LogP contribution in [-0.2, 0) is 11.2 Å². The number of carbonyl (C=O) groups excluding carboxylic acids is 1. The molecule has 2 unspecified atom stereocenters. The Morgan fingerprint density at radius 2 is 2.24 bits per heavy atom. The molecule has 1 aliphatic rings. The molecule has 3 heteroatoms. The second-order valence-corrected chi connectivity index (χ2v) is 4.77. The summed E-state index contributed by atoms with van der Waals surface area (Å²) in [5.41, 5.74) is 1.07. The summed E-state index contributed by atoms with van der Waals surface area (Å²) in [6.45, 7) is 4.19. The first-order valence-corrected chi connectivity index (χ1v) is 6.29. The molecule has 0 radical (unpaired) electrons. The Balaban J connectivity index is 1.80. The summed E-state index contributed by atoms with van der Waals surface area (Å²) in [5.74, 6) is 0.699. The normalized spacial score (nSPS) is 21.1. The van der Waals surface area contributed by atoms with Crippen molar-refractivity contribution in [1.29, 1.82) is 0 Å². The lowest BCUT2D eigenvalue weighted by Crippen LogP contribution is -2.39. The monoisotopic (exact) mass is 232 g/mol. The highest BCUT2D eigenvalue weighted by Crippen LogP contribution is 2.12. The van der Waals surface area contributed by atoms with Gasteiger partial charge < -0.3 is 10.6 Å². The van der Waals surface area contributed by atoms with Crippen LogP contribution in [0, 0.1) is 5.92 Å². The second kappa shape index (κ2) is 5.82. The number of benzene rings is 1. The Labute approximate surface area is 103 Å². The molecule has 1 saturated heterocycles. The third kappa shape index (κ3) is 3.56. The molecule has 0 spiro atoms. The van der Waals surface area contributed by atoms with Gasteiger partial charge in [-0.05, 0) is 37.9 Å². The molecular formula is C14H20N2O. The molecular weight excluding hydrogens is 212 g/mol. The van der Waals surface area contributed by atoms with Gasteiger partial charge in [0, 0.05) is 6.04 Å². The molecule has 2 atom stereocenters. The fourth-order valence-corrected chi connectivity index (χ4v) is 2.31. The van der Waals surface area contributed by atoms with Gasteiger partial charge in [-0.2, -0.15) is 0 Å². The minimum Gasteiger partial charge on any atom is -0.353 e. The molecule has 1 aromatic rings. The maximum absolute atomic E-state index is 11.8. The molecule has 1 heterocycles. The fraction of sp³-hybridized carbons (Fsp3) is 0.500. The summed E-state index contributed by atoms with van der Waals surface area (Å²) < 4.78 is 0. The Morgan fingerprint density at radius 1 is 1.47 bits per heavy atom. The van der Waals surface area contributed by atoms with Gasteiger partial charge in [0.05, 0.1) is 6.42 Å². The van der Waals surface area contributed by atoms with Gasteiger partial charge in [0.15, 0.2) is 0 Å². The van der Waals surface area contributed by atoms with Gasteiger partial charge >= 0.3 is 0 Å². The van der Waals surface area contributed by atoms with Gasteiger partial charge in [-0.25, -0.2) is 0 Å². The number of nitrogens with one attached hydrogen (secondary N) is 2. The highest BCUT2D eigenvalue weighted by atomic mass is 16.1. The van der Waals surface area contributed by atoms with E-state index < -0.39 is 0 Å². The van der Waals surface area contributed by atoms with E-state index in [1.807, 2.05) is 30.3 Å². The quantitative estimate of drug-likeness (QED) is 0.822. The van der Waals surface area contributed by atoms with Crippen molar-refractivity contribution >= 4 is 5.91 Å². The van der Waals surface area contributed by atoms with Crippen molar-refractivity contribution in [1.82, 2.24) is 10.6 Å². The molecule has 92 valence electrons. The van der Waals surface area contributed by atoms with Crippen LogP contribution in [0.5, 0.6) is 0 Å². The van der Waals surface area contributed by atoms with Crippen LogP contribution in [0.15, 0.2) is 30.3 Å². The Bertz CT molecular complexity index is 358. The molecule has 1 fully saturated rings. The highest BCUT2D eigenvalue weighted by molar-refractivity contribution is 5.78. The summed E-state index contributed by atoms with van der Waals surface area (Å²) in [7, 11) is 0. The van der Waals surface area contributed by atoms with Crippen LogP contribution in [0.1, 0.15) is 18.9 Å². The zero-order valence-corrected chi connectivity index (χ0v) is 10.3. The molecule has 0 aliphatic carbocycles. The lowest BCUT2D eigenvalue weighted by molar-refractivity contribution is -0.121. The van der Waals surface area contributed by atoms with Crippen molar-refractivity contribution < 1.29 is 4.79 Å². The minimum atomic E-state index is 0.121. The summed E-state index contributed by atoms with van der Waals surface area (Å²) in [6.07, 6.45) is 1.64. The van der Waals surface area contributed by atoms with Crippen molar-refractivity contribution in [2.75, 3.05) is 13.1 Å². The van der Waals surface area contributed by atoms with Crippen LogP contribution in [-0.4, -0.2) is 25.0 Å². The molecule has 1 aromatic carbocycles. The summed E-state index contributed by atoms with van der Waals surface area (Å²) >= 11 is 0. The zero-order valence-electron chi connectivity index (χ0n) is 10.3. The number of amides is 1. The van der Waals surface area contributed by atoms with Gasteiger partial charge in [-0.1, -0.05) is 30.3 Å². The van der Waals surface area contributed by atoms with E-state index in [-0.39, 0.29) is 11.9 Å². The Morgan fingerprint density at radius 3 is 2.88 bits per heavy atom. The van der Waals surface area contributed by atoms with E-state index in [9.17, 15) is 4.79 Å². The van der Waals surface area contributed by atoms with E-state index in [1.54, 1.807) is 0 Å². The topological polar surface area (TPSA) is 41.1 Å². The fourth-order valence-electron chi connectivity index (χ4n) is 2.31. The average Bonchev–Trinajstić information content (AvgIpc) is 2.83. The summed E-state index contributed by atoms with van der Waals surface area (Å²) in [4.78, 5) is 11.8. The first kappa shape index (κ1) is 12.1. The largest absolute Gasteiger partial charge is 0.353 e. The van der Waals surface area contributed by atoms with E-state index >= 15 is 0 Å². The number of hydrogen-bond acceptors (Lipinski definition) is 2. The van der Waals surface area contributed by atoms with Gasteiger partial charge in [0.2, 0.25) is 5.91 Å². The molecule has 0 aromatic heterocycles. The van der Waals surface area contributed by atoms with Crippen LogP contribution in [0.2, 0.25) is 0 Å². The van der Waals surface area contributed by atoms with Crippen molar-refractivity contribution in [3.05, 3.63) is 35.9 Å². The number of hydrogen-bond donors (Lipinski definition) is 2. The molecule has 2 N–H and O–H groups in total. The Hall–Kier alpha value is -1.35. The first-order valence-electron chi connectivity index (χ1n) is 6.29. The van der Waals surface area contributed by atoms with Crippen LogP contribution in [0.25, 0.3) is 0 Å². The van der Waals surface area contributed by atoms with E-state index in [1.165, 1.54) is 0 Å². The molecule has 3 nitrogen and oxygen atoms in total. The van der Waals surface area contributed by atoms with Gasteiger partial charge in [-0.3, -0.25) is 4.79 Å².